The van der Waals surface area contributed by atoms with Gasteiger partial charge in [0.05, 0.1) is 7.11 Å². The van der Waals surface area contributed by atoms with Crippen molar-refractivity contribution in [2.45, 2.75) is 46.2 Å². The second kappa shape index (κ2) is 11.4. The van der Waals surface area contributed by atoms with E-state index in [-0.39, 0.29) is 0 Å². The average Bonchev–Trinajstić information content (AvgIpc) is 3.28. The molecule has 3 aromatic rings. The highest BCUT2D eigenvalue weighted by Crippen LogP contribution is 2.34. The normalized spacial score (nSPS) is 15.6. The van der Waals surface area contributed by atoms with Crippen LogP contribution in [0.2, 0.25) is 0 Å². The van der Waals surface area contributed by atoms with Crippen LogP contribution >= 0.6 is 0 Å². The van der Waals surface area contributed by atoms with Crippen molar-refractivity contribution in [1.29, 1.82) is 0 Å². The lowest BCUT2D eigenvalue weighted by Gasteiger charge is -2.32. The SMILES string of the molecule is CCN(CC)CCC1CC=C(c2ccc(C)cc2)N1Cc1ccc(-c2ccc(OC)cc2)cc1. The Kier molecular flexibility index (Phi) is 8.08. The Hall–Kier alpha value is -3.04. The number of nitrogens with zero attached hydrogens (tertiary/aromatic N) is 2. The van der Waals surface area contributed by atoms with Gasteiger partial charge in [-0.05, 0) is 67.2 Å². The molecule has 0 radical (unpaired) electrons. The average molecular weight is 455 g/mol. The van der Waals surface area contributed by atoms with E-state index in [0.717, 1.165) is 38.3 Å². The third kappa shape index (κ3) is 5.71. The van der Waals surface area contributed by atoms with Gasteiger partial charge in [0.2, 0.25) is 0 Å². The predicted octanol–water partition coefficient (Wildman–Crippen LogP) is 7.02. The van der Waals surface area contributed by atoms with E-state index in [1.54, 1.807) is 7.11 Å². The lowest BCUT2D eigenvalue weighted by molar-refractivity contribution is 0.234. The standard InChI is InChI=1S/C31H38N2O/c1-5-32(6-2)22-21-29-17-20-31(28-11-7-24(3)8-12-28)33(29)23-25-9-13-26(14-10-25)27-15-18-30(34-4)19-16-27/h7-16,18-20,29H,5-6,17,21-23H2,1-4H3. The van der Waals surface area contributed by atoms with E-state index in [1.807, 2.05) is 12.1 Å². The molecule has 4 rings (SSSR count). The van der Waals surface area contributed by atoms with E-state index in [2.05, 4.69) is 97.3 Å². The third-order valence-corrected chi connectivity index (χ3v) is 7.08. The molecule has 0 saturated carbocycles. The predicted molar refractivity (Wildman–Crippen MR) is 144 cm³/mol. The molecule has 3 nitrogen and oxygen atoms in total. The second-order valence-electron chi connectivity index (χ2n) is 9.21. The fourth-order valence-electron chi connectivity index (χ4n) is 4.84. The van der Waals surface area contributed by atoms with Crippen molar-refractivity contribution in [1.82, 2.24) is 9.80 Å². The van der Waals surface area contributed by atoms with Gasteiger partial charge in [0, 0.05) is 24.8 Å². The van der Waals surface area contributed by atoms with Crippen LogP contribution in [0.1, 0.15) is 43.4 Å². The number of hydrogen-bond acceptors (Lipinski definition) is 3. The van der Waals surface area contributed by atoms with Crippen LogP contribution in [0.5, 0.6) is 5.75 Å². The van der Waals surface area contributed by atoms with Crippen molar-refractivity contribution >= 4 is 5.70 Å². The van der Waals surface area contributed by atoms with Crippen LogP contribution in [0.3, 0.4) is 0 Å². The molecular formula is C31H38N2O. The lowest BCUT2D eigenvalue weighted by Crippen LogP contribution is -2.34. The van der Waals surface area contributed by atoms with Crippen LogP contribution in [0.15, 0.2) is 78.9 Å². The van der Waals surface area contributed by atoms with Gasteiger partial charge in [0.1, 0.15) is 5.75 Å². The zero-order valence-electron chi connectivity index (χ0n) is 21.1. The Balaban J connectivity index is 1.52. The third-order valence-electron chi connectivity index (χ3n) is 7.08. The van der Waals surface area contributed by atoms with Crippen molar-refractivity contribution < 1.29 is 4.74 Å². The molecule has 0 saturated heterocycles. The van der Waals surface area contributed by atoms with Crippen molar-refractivity contribution in [3.8, 4) is 16.9 Å². The number of aryl methyl sites for hydroxylation is 1. The fraction of sp³-hybridized carbons (Fsp3) is 0.355. The summed E-state index contributed by atoms with van der Waals surface area (Å²) in [6.45, 7) is 11.0. The molecule has 0 amide bonds. The van der Waals surface area contributed by atoms with Crippen LogP contribution in [0.25, 0.3) is 16.8 Å². The largest absolute Gasteiger partial charge is 0.497 e. The summed E-state index contributed by atoms with van der Waals surface area (Å²) >= 11 is 0. The summed E-state index contributed by atoms with van der Waals surface area (Å²) in [6.07, 6.45) is 4.76. The van der Waals surface area contributed by atoms with Crippen molar-refractivity contribution in [3.63, 3.8) is 0 Å². The Morgan fingerprint density at radius 1 is 0.824 bits per heavy atom. The molecule has 1 aliphatic rings. The monoisotopic (exact) mass is 454 g/mol. The van der Waals surface area contributed by atoms with E-state index in [4.69, 9.17) is 4.74 Å². The molecule has 3 heteroatoms. The summed E-state index contributed by atoms with van der Waals surface area (Å²) in [6, 6.07) is 26.9. The van der Waals surface area contributed by atoms with E-state index >= 15 is 0 Å². The van der Waals surface area contributed by atoms with Gasteiger partial charge in [-0.15, -0.1) is 0 Å². The summed E-state index contributed by atoms with van der Waals surface area (Å²) in [7, 11) is 1.71. The second-order valence-corrected chi connectivity index (χ2v) is 9.21. The molecule has 1 aliphatic heterocycles. The number of methoxy groups -OCH3 is 1. The fourth-order valence-corrected chi connectivity index (χ4v) is 4.84. The van der Waals surface area contributed by atoms with Crippen molar-refractivity contribution in [2.75, 3.05) is 26.7 Å². The Bertz CT molecular complexity index is 1060. The molecule has 0 aliphatic carbocycles. The molecule has 0 N–H and O–H groups in total. The molecule has 0 fully saturated rings. The van der Waals surface area contributed by atoms with Crippen LogP contribution in [-0.4, -0.2) is 42.6 Å². The smallest absolute Gasteiger partial charge is 0.118 e. The minimum Gasteiger partial charge on any atom is -0.497 e. The first-order chi connectivity index (χ1) is 16.6. The lowest BCUT2D eigenvalue weighted by atomic mass is 10.0. The van der Waals surface area contributed by atoms with Gasteiger partial charge in [-0.25, -0.2) is 0 Å². The topological polar surface area (TPSA) is 15.7 Å². The zero-order chi connectivity index (χ0) is 23.9. The highest BCUT2D eigenvalue weighted by molar-refractivity contribution is 5.67. The summed E-state index contributed by atoms with van der Waals surface area (Å²) in [5, 5.41) is 0. The van der Waals surface area contributed by atoms with Gasteiger partial charge in [0.15, 0.2) is 0 Å². The maximum absolute atomic E-state index is 5.30. The minimum absolute atomic E-state index is 0.540. The Labute approximate surface area is 205 Å². The molecular weight excluding hydrogens is 416 g/mol. The number of rotatable bonds is 10. The molecule has 1 unspecified atom stereocenters. The Morgan fingerprint density at radius 2 is 1.41 bits per heavy atom. The highest BCUT2D eigenvalue weighted by atomic mass is 16.5. The van der Waals surface area contributed by atoms with E-state index in [9.17, 15) is 0 Å². The van der Waals surface area contributed by atoms with E-state index in [1.165, 1.54) is 39.9 Å². The van der Waals surface area contributed by atoms with E-state index < -0.39 is 0 Å². The molecule has 3 aromatic carbocycles. The van der Waals surface area contributed by atoms with Crippen molar-refractivity contribution in [2.24, 2.45) is 0 Å². The first kappa shape index (κ1) is 24.1. The van der Waals surface area contributed by atoms with Gasteiger partial charge in [-0.2, -0.15) is 0 Å². The summed E-state index contributed by atoms with van der Waals surface area (Å²) in [4.78, 5) is 5.17. The molecule has 1 atom stereocenters. The highest BCUT2D eigenvalue weighted by Gasteiger charge is 2.27. The van der Waals surface area contributed by atoms with Crippen molar-refractivity contribution in [3.05, 3.63) is 95.6 Å². The number of benzene rings is 3. The minimum atomic E-state index is 0.540. The molecule has 34 heavy (non-hydrogen) atoms. The van der Waals surface area contributed by atoms with Crippen LogP contribution < -0.4 is 4.74 Å². The summed E-state index contributed by atoms with van der Waals surface area (Å²) < 4.78 is 5.30. The first-order valence-electron chi connectivity index (χ1n) is 12.6. The Morgan fingerprint density at radius 3 is 2.00 bits per heavy atom. The maximum Gasteiger partial charge on any atom is 0.118 e. The molecule has 1 heterocycles. The van der Waals surface area contributed by atoms with Crippen LogP contribution in [-0.2, 0) is 6.54 Å². The maximum atomic E-state index is 5.30. The van der Waals surface area contributed by atoms with E-state index in [0.29, 0.717) is 6.04 Å². The van der Waals surface area contributed by atoms with Gasteiger partial charge >= 0.3 is 0 Å². The van der Waals surface area contributed by atoms with Crippen LogP contribution in [0, 0.1) is 6.92 Å². The molecule has 0 spiro atoms. The van der Waals surface area contributed by atoms with Crippen LogP contribution in [0.4, 0.5) is 0 Å². The van der Waals surface area contributed by atoms with Gasteiger partial charge in [-0.3, -0.25) is 0 Å². The molecule has 178 valence electrons. The van der Waals surface area contributed by atoms with Gasteiger partial charge in [-0.1, -0.05) is 86.2 Å². The first-order valence-corrected chi connectivity index (χ1v) is 12.6. The number of ether oxygens (including phenoxy) is 1. The molecule has 0 aromatic heterocycles. The summed E-state index contributed by atoms with van der Waals surface area (Å²) in [5.41, 5.74) is 7.81. The van der Waals surface area contributed by atoms with Gasteiger partial charge in [0.25, 0.3) is 0 Å². The molecule has 0 bridgehead atoms. The number of hydrogen-bond donors (Lipinski definition) is 0. The quantitative estimate of drug-likeness (QED) is 0.327. The van der Waals surface area contributed by atoms with Gasteiger partial charge < -0.3 is 14.5 Å². The summed E-state index contributed by atoms with van der Waals surface area (Å²) in [5.74, 6) is 0.889. The zero-order valence-corrected chi connectivity index (χ0v) is 21.1.